The van der Waals surface area contributed by atoms with Gasteiger partial charge in [0.05, 0.1) is 23.7 Å². The monoisotopic (exact) mass is 362 g/mol. The van der Waals surface area contributed by atoms with Gasteiger partial charge in [0.25, 0.3) is 5.91 Å². The summed E-state index contributed by atoms with van der Waals surface area (Å²) < 4.78 is 30.5. The summed E-state index contributed by atoms with van der Waals surface area (Å²) in [7, 11) is -1.84. The molecule has 0 aromatic heterocycles. The molecule has 1 amide bonds. The number of nitrogens with zero attached hydrogens (tertiary/aromatic N) is 1. The second kappa shape index (κ2) is 8.02. The van der Waals surface area contributed by atoms with Gasteiger partial charge < -0.3 is 10.1 Å². The average molecular weight is 362 g/mol. The molecule has 0 spiro atoms. The first-order valence-electron chi connectivity index (χ1n) is 7.99. The molecular formula is C18H22N2O4S. The lowest BCUT2D eigenvalue weighted by molar-refractivity contribution is 0.102. The molecule has 2 rings (SSSR count). The molecule has 0 bridgehead atoms. The molecule has 25 heavy (non-hydrogen) atoms. The lowest BCUT2D eigenvalue weighted by Gasteiger charge is -2.18. The van der Waals surface area contributed by atoms with E-state index in [1.807, 2.05) is 19.1 Å². The van der Waals surface area contributed by atoms with Crippen molar-refractivity contribution in [2.24, 2.45) is 0 Å². The molecule has 0 heterocycles. The Morgan fingerprint density at radius 2 is 1.72 bits per heavy atom. The van der Waals surface area contributed by atoms with E-state index in [0.717, 1.165) is 0 Å². The molecule has 7 heteroatoms. The summed E-state index contributed by atoms with van der Waals surface area (Å²) in [6, 6.07) is 13.6. The third-order valence-corrected chi connectivity index (χ3v) is 5.49. The second-order valence-corrected chi connectivity index (χ2v) is 7.59. The minimum absolute atomic E-state index is 0.0138. The maximum atomic E-state index is 12.4. The van der Waals surface area contributed by atoms with Crippen LogP contribution in [0.3, 0.4) is 0 Å². The van der Waals surface area contributed by atoms with Crippen molar-refractivity contribution in [3.05, 3.63) is 54.1 Å². The highest BCUT2D eigenvalue weighted by Gasteiger charge is 2.16. The highest BCUT2D eigenvalue weighted by Crippen LogP contribution is 2.25. The number of hydrogen-bond donors (Lipinski definition) is 1. The van der Waals surface area contributed by atoms with Crippen LogP contribution in [0.1, 0.15) is 24.2 Å². The van der Waals surface area contributed by atoms with Gasteiger partial charge in [0, 0.05) is 12.6 Å². The third-order valence-electron chi connectivity index (χ3n) is 3.71. The van der Waals surface area contributed by atoms with Crippen molar-refractivity contribution in [2.45, 2.75) is 13.8 Å². The van der Waals surface area contributed by atoms with Gasteiger partial charge in [0.1, 0.15) is 5.75 Å². The van der Waals surface area contributed by atoms with E-state index in [1.54, 1.807) is 43.3 Å². The average Bonchev–Trinajstić information content (AvgIpc) is 2.63. The molecule has 0 aliphatic carbocycles. The summed E-state index contributed by atoms with van der Waals surface area (Å²) in [6.45, 7) is 3.96. The van der Waals surface area contributed by atoms with E-state index in [4.69, 9.17) is 4.74 Å². The van der Waals surface area contributed by atoms with Gasteiger partial charge >= 0.3 is 0 Å². The predicted molar refractivity (Wildman–Crippen MR) is 99.9 cm³/mol. The Morgan fingerprint density at radius 3 is 2.32 bits per heavy atom. The van der Waals surface area contributed by atoms with Crippen LogP contribution in [0.2, 0.25) is 0 Å². The highest BCUT2D eigenvalue weighted by molar-refractivity contribution is 7.92. The van der Waals surface area contributed by atoms with Gasteiger partial charge in [0.2, 0.25) is 10.0 Å². The number of rotatable bonds is 7. The highest BCUT2D eigenvalue weighted by atomic mass is 32.2. The molecule has 1 N–H and O–H groups in total. The summed E-state index contributed by atoms with van der Waals surface area (Å²) in [5, 5.41) is 2.81. The quantitative estimate of drug-likeness (QED) is 0.821. The lowest BCUT2D eigenvalue weighted by Crippen LogP contribution is -2.28. The van der Waals surface area contributed by atoms with E-state index in [9.17, 15) is 13.2 Å². The smallest absolute Gasteiger partial charge is 0.255 e. The number of amides is 1. The summed E-state index contributed by atoms with van der Waals surface area (Å²) in [4.78, 5) is 12.4. The third kappa shape index (κ3) is 4.51. The van der Waals surface area contributed by atoms with E-state index in [0.29, 0.717) is 29.3 Å². The van der Waals surface area contributed by atoms with Crippen LogP contribution in [0.15, 0.2) is 48.5 Å². The van der Waals surface area contributed by atoms with E-state index in [2.05, 4.69) is 5.32 Å². The van der Waals surface area contributed by atoms with Gasteiger partial charge in [-0.3, -0.25) is 9.10 Å². The molecule has 0 atom stereocenters. The van der Waals surface area contributed by atoms with Crippen molar-refractivity contribution in [1.82, 2.24) is 0 Å². The van der Waals surface area contributed by atoms with E-state index < -0.39 is 10.0 Å². The number of para-hydroxylation sites is 2. The lowest BCUT2D eigenvalue weighted by atomic mass is 10.2. The minimum Gasteiger partial charge on any atom is -0.492 e. The molecule has 0 saturated carbocycles. The van der Waals surface area contributed by atoms with Crippen molar-refractivity contribution in [1.29, 1.82) is 0 Å². The number of benzene rings is 2. The molecule has 134 valence electrons. The fraction of sp³-hybridized carbons (Fsp3) is 0.278. The first-order chi connectivity index (χ1) is 11.9. The maximum absolute atomic E-state index is 12.4. The number of anilines is 2. The van der Waals surface area contributed by atoms with Crippen LogP contribution in [0.4, 0.5) is 11.4 Å². The van der Waals surface area contributed by atoms with Crippen LogP contribution in [0, 0.1) is 0 Å². The number of ether oxygens (including phenoxy) is 1. The SMILES string of the molecule is CCOc1ccccc1NC(=O)c1ccc(N(C)S(=O)(=O)CC)cc1. The largest absolute Gasteiger partial charge is 0.492 e. The van der Waals surface area contributed by atoms with Crippen molar-refractivity contribution < 1.29 is 17.9 Å². The van der Waals surface area contributed by atoms with E-state index >= 15 is 0 Å². The molecule has 0 fully saturated rings. The van der Waals surface area contributed by atoms with E-state index in [1.165, 1.54) is 11.4 Å². The Morgan fingerprint density at radius 1 is 1.08 bits per heavy atom. The van der Waals surface area contributed by atoms with Gasteiger partial charge in [-0.25, -0.2) is 8.42 Å². The van der Waals surface area contributed by atoms with Crippen molar-refractivity contribution in [3.63, 3.8) is 0 Å². The van der Waals surface area contributed by atoms with Gasteiger partial charge in [-0.15, -0.1) is 0 Å². The Kier molecular flexibility index (Phi) is 6.03. The van der Waals surface area contributed by atoms with Gasteiger partial charge in [-0.1, -0.05) is 12.1 Å². The second-order valence-electron chi connectivity index (χ2n) is 5.30. The first kappa shape index (κ1) is 18.8. The van der Waals surface area contributed by atoms with Crippen LogP contribution in [-0.4, -0.2) is 33.7 Å². The van der Waals surface area contributed by atoms with Crippen LogP contribution in [-0.2, 0) is 10.0 Å². The molecule has 0 unspecified atom stereocenters. The standard InChI is InChI=1S/C18H22N2O4S/c1-4-24-17-9-7-6-8-16(17)19-18(21)14-10-12-15(13-11-14)20(3)25(22,23)5-2/h6-13H,4-5H2,1-3H3,(H,19,21). The van der Waals surface area contributed by atoms with Gasteiger partial charge in [-0.2, -0.15) is 0 Å². The van der Waals surface area contributed by atoms with Crippen LogP contribution in [0.25, 0.3) is 0 Å². The number of carbonyl (C=O) groups is 1. The summed E-state index contributed by atoms with van der Waals surface area (Å²) >= 11 is 0. The molecular weight excluding hydrogens is 340 g/mol. The number of carbonyl (C=O) groups excluding carboxylic acids is 1. The van der Waals surface area contributed by atoms with Crippen molar-refractivity contribution >= 4 is 27.3 Å². The van der Waals surface area contributed by atoms with Gasteiger partial charge in [0.15, 0.2) is 0 Å². The normalized spacial score (nSPS) is 11.0. The maximum Gasteiger partial charge on any atom is 0.255 e. The molecule has 2 aromatic rings. The van der Waals surface area contributed by atoms with Crippen LogP contribution < -0.4 is 14.4 Å². The molecule has 0 aliphatic rings. The summed E-state index contributed by atoms with van der Waals surface area (Å²) in [6.07, 6.45) is 0. The molecule has 6 nitrogen and oxygen atoms in total. The number of hydrogen-bond acceptors (Lipinski definition) is 4. The molecule has 2 aromatic carbocycles. The Labute approximate surface area is 148 Å². The molecule has 0 aliphatic heterocycles. The predicted octanol–water partition coefficient (Wildman–Crippen LogP) is 3.12. The van der Waals surface area contributed by atoms with Crippen molar-refractivity contribution in [3.8, 4) is 5.75 Å². The van der Waals surface area contributed by atoms with Crippen LogP contribution >= 0.6 is 0 Å². The number of sulfonamides is 1. The fourth-order valence-corrected chi connectivity index (χ4v) is 3.05. The van der Waals surface area contributed by atoms with Gasteiger partial charge in [-0.05, 0) is 50.2 Å². The first-order valence-corrected chi connectivity index (χ1v) is 9.59. The number of nitrogens with one attached hydrogen (secondary N) is 1. The Hall–Kier alpha value is -2.54. The zero-order chi connectivity index (χ0) is 18.4. The topological polar surface area (TPSA) is 75.7 Å². The Bertz CT molecular complexity index is 832. The fourth-order valence-electron chi connectivity index (χ4n) is 2.22. The summed E-state index contributed by atoms with van der Waals surface area (Å²) in [5.74, 6) is 0.323. The zero-order valence-electron chi connectivity index (χ0n) is 14.5. The molecule has 0 radical (unpaired) electrons. The van der Waals surface area contributed by atoms with E-state index in [-0.39, 0.29) is 11.7 Å². The van der Waals surface area contributed by atoms with Crippen molar-refractivity contribution in [2.75, 3.05) is 29.0 Å². The minimum atomic E-state index is -3.33. The zero-order valence-corrected chi connectivity index (χ0v) is 15.3. The summed E-state index contributed by atoms with van der Waals surface area (Å²) in [5.41, 5.74) is 1.52. The Balaban J connectivity index is 2.16. The van der Waals surface area contributed by atoms with Crippen LogP contribution in [0.5, 0.6) is 5.75 Å². The molecule has 0 saturated heterocycles.